The van der Waals surface area contributed by atoms with Crippen molar-refractivity contribution in [3.63, 3.8) is 0 Å². The van der Waals surface area contributed by atoms with Crippen LogP contribution in [0.15, 0.2) is 4.79 Å². The van der Waals surface area contributed by atoms with Crippen molar-refractivity contribution in [2.24, 2.45) is 0 Å². The molecule has 1 rings (SSSR count). The maximum atomic E-state index is 11.1. The Hall–Kier alpha value is -0.570. The third-order valence-electron chi connectivity index (χ3n) is 1.79. The average Bonchev–Trinajstić information content (AvgIpc) is 2.29. The first-order chi connectivity index (χ1) is 5.45. The lowest BCUT2D eigenvalue weighted by molar-refractivity contribution is 0.565. The Kier molecular flexibility index (Phi) is 2.42. The van der Waals surface area contributed by atoms with Crippen LogP contribution in [0.1, 0.15) is 38.3 Å². The number of nitrogens with one attached hydrogen (secondary N) is 1. The molecule has 0 aliphatic carbocycles. The summed E-state index contributed by atoms with van der Waals surface area (Å²) >= 11 is 1.33. The highest BCUT2D eigenvalue weighted by Crippen LogP contribution is 2.25. The number of hydrogen-bond acceptors (Lipinski definition) is 2. The summed E-state index contributed by atoms with van der Waals surface area (Å²) in [5.74, 6) is 0. The van der Waals surface area contributed by atoms with Crippen molar-refractivity contribution in [1.82, 2.24) is 4.98 Å². The van der Waals surface area contributed by atoms with Crippen molar-refractivity contribution >= 4 is 11.3 Å². The molecule has 0 radical (unpaired) electrons. The fourth-order valence-electron chi connectivity index (χ4n) is 1.21. The van der Waals surface area contributed by atoms with Gasteiger partial charge in [0.05, 0.1) is 0 Å². The molecule has 1 aromatic rings. The van der Waals surface area contributed by atoms with Crippen LogP contribution in [0.2, 0.25) is 0 Å². The minimum Gasteiger partial charge on any atom is -0.316 e. The SMILES string of the molecule is CCc1sc(=O)[nH]c1C(C)(C)C. The van der Waals surface area contributed by atoms with E-state index in [1.807, 2.05) is 0 Å². The van der Waals surface area contributed by atoms with Gasteiger partial charge in [0.25, 0.3) is 0 Å². The lowest BCUT2D eigenvalue weighted by atomic mass is 9.91. The van der Waals surface area contributed by atoms with E-state index < -0.39 is 0 Å². The second-order valence-electron chi connectivity index (χ2n) is 3.92. The van der Waals surface area contributed by atoms with Gasteiger partial charge in [0, 0.05) is 16.0 Å². The smallest absolute Gasteiger partial charge is 0.304 e. The monoisotopic (exact) mass is 185 g/mol. The minimum absolute atomic E-state index is 0.0600. The predicted octanol–water partition coefficient (Wildman–Crippen LogP) is 2.30. The fraction of sp³-hybridized carbons (Fsp3) is 0.667. The summed E-state index contributed by atoms with van der Waals surface area (Å²) in [6, 6.07) is 0. The van der Waals surface area contributed by atoms with E-state index in [4.69, 9.17) is 0 Å². The predicted molar refractivity (Wildman–Crippen MR) is 53.0 cm³/mol. The van der Waals surface area contributed by atoms with E-state index in [0.29, 0.717) is 0 Å². The van der Waals surface area contributed by atoms with Gasteiger partial charge in [0.1, 0.15) is 0 Å². The van der Waals surface area contributed by atoms with Crippen molar-refractivity contribution < 1.29 is 0 Å². The molecule has 0 aliphatic heterocycles. The van der Waals surface area contributed by atoms with E-state index >= 15 is 0 Å². The van der Waals surface area contributed by atoms with E-state index in [0.717, 1.165) is 12.1 Å². The Bertz CT molecular complexity index is 316. The van der Waals surface area contributed by atoms with Crippen LogP contribution in [0.5, 0.6) is 0 Å². The summed E-state index contributed by atoms with van der Waals surface area (Å²) in [7, 11) is 0. The number of aryl methyl sites for hydroxylation is 1. The zero-order valence-corrected chi connectivity index (χ0v) is 8.84. The molecule has 0 amide bonds. The van der Waals surface area contributed by atoms with Gasteiger partial charge in [-0.1, -0.05) is 39.0 Å². The molecule has 0 spiro atoms. The van der Waals surface area contributed by atoms with Gasteiger partial charge < -0.3 is 4.98 Å². The van der Waals surface area contributed by atoms with Gasteiger partial charge in [0.15, 0.2) is 0 Å². The van der Waals surface area contributed by atoms with Crippen LogP contribution in [0.25, 0.3) is 0 Å². The standard InChI is InChI=1S/C9H15NOS/c1-5-6-7(9(2,3)4)10-8(11)12-6/h5H2,1-4H3,(H,10,11). The third kappa shape index (κ3) is 1.78. The molecular weight excluding hydrogens is 170 g/mol. The molecule has 3 heteroatoms. The van der Waals surface area contributed by atoms with Crippen LogP contribution < -0.4 is 4.87 Å². The van der Waals surface area contributed by atoms with Crippen molar-refractivity contribution in [2.75, 3.05) is 0 Å². The summed E-state index contributed by atoms with van der Waals surface area (Å²) < 4.78 is 0. The van der Waals surface area contributed by atoms with E-state index in [1.165, 1.54) is 16.2 Å². The van der Waals surface area contributed by atoms with Crippen molar-refractivity contribution in [2.45, 2.75) is 39.5 Å². The normalized spacial score (nSPS) is 12.0. The van der Waals surface area contributed by atoms with Gasteiger partial charge in [-0.05, 0) is 6.42 Å². The highest BCUT2D eigenvalue weighted by molar-refractivity contribution is 7.09. The number of H-pyrrole nitrogens is 1. The van der Waals surface area contributed by atoms with Gasteiger partial charge in [-0.2, -0.15) is 0 Å². The quantitative estimate of drug-likeness (QED) is 0.715. The Morgan fingerprint density at radius 3 is 2.33 bits per heavy atom. The maximum absolute atomic E-state index is 11.1. The zero-order valence-electron chi connectivity index (χ0n) is 8.02. The number of aromatic nitrogens is 1. The molecule has 1 aromatic heterocycles. The number of aromatic amines is 1. The second kappa shape index (κ2) is 3.05. The Labute approximate surface area is 76.6 Å². The molecule has 0 aliphatic rings. The molecule has 1 heterocycles. The molecule has 1 N–H and O–H groups in total. The van der Waals surface area contributed by atoms with Crippen molar-refractivity contribution in [1.29, 1.82) is 0 Å². The topological polar surface area (TPSA) is 32.9 Å². The molecule has 0 saturated heterocycles. The molecule has 0 saturated carbocycles. The van der Waals surface area contributed by atoms with Gasteiger partial charge in [-0.25, -0.2) is 0 Å². The van der Waals surface area contributed by atoms with Crippen LogP contribution in [-0.2, 0) is 11.8 Å². The van der Waals surface area contributed by atoms with Gasteiger partial charge >= 0.3 is 4.87 Å². The minimum atomic E-state index is 0.0600. The van der Waals surface area contributed by atoms with Gasteiger partial charge in [-0.15, -0.1) is 0 Å². The van der Waals surface area contributed by atoms with Crippen LogP contribution in [-0.4, -0.2) is 4.98 Å². The van der Waals surface area contributed by atoms with E-state index in [9.17, 15) is 4.79 Å². The van der Waals surface area contributed by atoms with Crippen molar-refractivity contribution in [3.05, 3.63) is 20.2 Å². The van der Waals surface area contributed by atoms with E-state index in [2.05, 4.69) is 32.7 Å². The Morgan fingerprint density at radius 1 is 1.42 bits per heavy atom. The van der Waals surface area contributed by atoms with E-state index in [-0.39, 0.29) is 10.3 Å². The van der Waals surface area contributed by atoms with Crippen LogP contribution in [0.4, 0.5) is 0 Å². The van der Waals surface area contributed by atoms with Gasteiger partial charge in [-0.3, -0.25) is 4.79 Å². The van der Waals surface area contributed by atoms with Crippen LogP contribution in [0, 0.1) is 0 Å². The molecule has 2 nitrogen and oxygen atoms in total. The lowest BCUT2D eigenvalue weighted by Gasteiger charge is -2.17. The largest absolute Gasteiger partial charge is 0.316 e. The van der Waals surface area contributed by atoms with Gasteiger partial charge in [0.2, 0.25) is 0 Å². The zero-order chi connectivity index (χ0) is 9.35. The highest BCUT2D eigenvalue weighted by atomic mass is 32.1. The Balaban J connectivity index is 3.23. The number of hydrogen-bond donors (Lipinski definition) is 1. The lowest BCUT2D eigenvalue weighted by Crippen LogP contribution is -2.15. The molecule has 0 unspecified atom stereocenters. The third-order valence-corrected chi connectivity index (χ3v) is 2.82. The summed E-state index contributed by atoms with van der Waals surface area (Å²) in [6.07, 6.45) is 0.940. The molecule has 0 bridgehead atoms. The molecule has 0 fully saturated rings. The first-order valence-electron chi connectivity index (χ1n) is 4.17. The summed E-state index contributed by atoms with van der Waals surface area (Å²) in [6.45, 7) is 8.42. The van der Waals surface area contributed by atoms with Crippen LogP contribution in [0.3, 0.4) is 0 Å². The van der Waals surface area contributed by atoms with Crippen molar-refractivity contribution in [3.8, 4) is 0 Å². The second-order valence-corrected chi connectivity index (χ2v) is 4.98. The number of thiazole rings is 1. The summed E-state index contributed by atoms with van der Waals surface area (Å²) in [5.41, 5.74) is 1.16. The molecular formula is C9H15NOS. The summed E-state index contributed by atoms with van der Waals surface area (Å²) in [5, 5.41) is 0. The molecule has 0 atom stereocenters. The van der Waals surface area contributed by atoms with E-state index in [1.54, 1.807) is 0 Å². The molecule has 68 valence electrons. The Morgan fingerprint density at radius 2 is 2.00 bits per heavy atom. The maximum Gasteiger partial charge on any atom is 0.304 e. The summed E-state index contributed by atoms with van der Waals surface area (Å²) in [4.78, 5) is 15.2. The molecule has 0 aromatic carbocycles. The number of rotatable bonds is 1. The first kappa shape index (κ1) is 9.52. The average molecular weight is 185 g/mol. The first-order valence-corrected chi connectivity index (χ1v) is 4.99. The van der Waals surface area contributed by atoms with Crippen LogP contribution >= 0.6 is 11.3 Å². The molecule has 12 heavy (non-hydrogen) atoms. The highest BCUT2D eigenvalue weighted by Gasteiger charge is 2.19. The fourth-order valence-corrected chi connectivity index (χ4v) is 2.20.